The van der Waals surface area contributed by atoms with Crippen molar-refractivity contribution in [2.24, 2.45) is 11.8 Å². The number of ether oxygens (including phenoxy) is 1. The number of carbonyl (C=O) groups is 2. The van der Waals surface area contributed by atoms with Crippen molar-refractivity contribution < 1.29 is 14.3 Å². The summed E-state index contributed by atoms with van der Waals surface area (Å²) in [5, 5.41) is 2.61. The summed E-state index contributed by atoms with van der Waals surface area (Å²) in [5.41, 5.74) is 0. The quantitative estimate of drug-likeness (QED) is 0.707. The van der Waals surface area contributed by atoms with Gasteiger partial charge in [0.05, 0.1) is 13.2 Å². The Labute approximate surface area is 102 Å². The van der Waals surface area contributed by atoms with E-state index in [-0.39, 0.29) is 23.5 Å². The molecule has 1 saturated heterocycles. The summed E-state index contributed by atoms with van der Waals surface area (Å²) in [5.74, 6) is 0.174. The monoisotopic (exact) mass is 242 g/mol. The zero-order valence-electron chi connectivity index (χ0n) is 10.9. The molecule has 0 aromatic carbocycles. The first-order valence-corrected chi connectivity index (χ1v) is 6.05. The van der Waals surface area contributed by atoms with Crippen molar-refractivity contribution in [3.8, 4) is 0 Å². The second kappa shape index (κ2) is 6.71. The molecule has 2 atom stereocenters. The zero-order valence-corrected chi connectivity index (χ0v) is 10.9. The molecule has 0 aliphatic carbocycles. The Morgan fingerprint density at radius 1 is 1.53 bits per heavy atom. The minimum atomic E-state index is -0.0994. The molecule has 1 aliphatic rings. The SMILES string of the molecule is CNC(=O)C(C)CN(C)CC(=O)C1CCOC1. The van der Waals surface area contributed by atoms with Gasteiger partial charge in [-0.2, -0.15) is 0 Å². The first-order chi connectivity index (χ1) is 8.04. The van der Waals surface area contributed by atoms with Crippen molar-refractivity contribution in [3.05, 3.63) is 0 Å². The first kappa shape index (κ1) is 14.1. The molecule has 1 rings (SSSR count). The Morgan fingerprint density at radius 3 is 2.76 bits per heavy atom. The summed E-state index contributed by atoms with van der Waals surface area (Å²) in [6.45, 7) is 4.10. The number of nitrogens with zero attached hydrogens (tertiary/aromatic N) is 1. The number of likely N-dealkylation sites (N-methyl/N-ethyl adjacent to an activating group) is 1. The number of nitrogens with one attached hydrogen (secondary N) is 1. The van der Waals surface area contributed by atoms with Gasteiger partial charge in [0.15, 0.2) is 5.78 Å². The average Bonchev–Trinajstić information content (AvgIpc) is 2.80. The number of rotatable bonds is 6. The molecule has 17 heavy (non-hydrogen) atoms. The lowest BCUT2D eigenvalue weighted by atomic mass is 10.0. The minimum Gasteiger partial charge on any atom is -0.381 e. The van der Waals surface area contributed by atoms with Crippen molar-refractivity contribution in [2.75, 3.05) is 40.4 Å². The predicted molar refractivity (Wildman–Crippen MR) is 64.7 cm³/mol. The van der Waals surface area contributed by atoms with E-state index in [4.69, 9.17) is 4.74 Å². The third kappa shape index (κ3) is 4.44. The topological polar surface area (TPSA) is 58.6 Å². The minimum absolute atomic E-state index is 0.00787. The fraction of sp³-hybridized carbons (Fsp3) is 0.833. The second-order valence-electron chi connectivity index (χ2n) is 4.74. The zero-order chi connectivity index (χ0) is 12.8. The van der Waals surface area contributed by atoms with Crippen LogP contribution in [0.4, 0.5) is 0 Å². The molecule has 0 radical (unpaired) electrons. The van der Waals surface area contributed by atoms with E-state index in [0.29, 0.717) is 26.3 Å². The maximum Gasteiger partial charge on any atom is 0.223 e. The van der Waals surface area contributed by atoms with Gasteiger partial charge < -0.3 is 10.1 Å². The highest BCUT2D eigenvalue weighted by molar-refractivity contribution is 5.83. The molecular formula is C12H22N2O3. The van der Waals surface area contributed by atoms with Crippen molar-refractivity contribution in [1.82, 2.24) is 10.2 Å². The van der Waals surface area contributed by atoms with Crippen molar-refractivity contribution in [1.29, 1.82) is 0 Å². The lowest BCUT2D eigenvalue weighted by molar-refractivity contribution is -0.127. The highest BCUT2D eigenvalue weighted by atomic mass is 16.5. The smallest absolute Gasteiger partial charge is 0.223 e. The Bertz CT molecular complexity index is 275. The molecule has 1 aliphatic heterocycles. The van der Waals surface area contributed by atoms with Crippen LogP contribution in [0, 0.1) is 11.8 Å². The molecule has 0 saturated carbocycles. The molecule has 2 unspecified atom stereocenters. The van der Waals surface area contributed by atoms with Crippen LogP contribution >= 0.6 is 0 Å². The van der Waals surface area contributed by atoms with Gasteiger partial charge in [-0.15, -0.1) is 0 Å². The maximum atomic E-state index is 11.9. The fourth-order valence-corrected chi connectivity index (χ4v) is 2.04. The molecule has 1 fully saturated rings. The summed E-state index contributed by atoms with van der Waals surface area (Å²) in [6, 6.07) is 0. The Morgan fingerprint density at radius 2 is 2.24 bits per heavy atom. The molecule has 5 nitrogen and oxygen atoms in total. The Balaban J connectivity index is 2.30. The van der Waals surface area contributed by atoms with Crippen LogP contribution in [0.25, 0.3) is 0 Å². The van der Waals surface area contributed by atoms with Crippen LogP contribution < -0.4 is 5.32 Å². The Kier molecular flexibility index (Phi) is 5.58. The maximum absolute atomic E-state index is 11.9. The van der Waals surface area contributed by atoms with Gasteiger partial charge >= 0.3 is 0 Å². The second-order valence-corrected chi connectivity index (χ2v) is 4.74. The predicted octanol–water partition coefficient (Wildman–Crippen LogP) is -0.0941. The van der Waals surface area contributed by atoms with Crippen molar-refractivity contribution in [2.45, 2.75) is 13.3 Å². The first-order valence-electron chi connectivity index (χ1n) is 6.05. The summed E-state index contributed by atoms with van der Waals surface area (Å²) in [6.07, 6.45) is 0.831. The van der Waals surface area contributed by atoms with Gasteiger partial charge in [0.25, 0.3) is 0 Å². The van der Waals surface area contributed by atoms with E-state index in [9.17, 15) is 9.59 Å². The average molecular weight is 242 g/mol. The normalized spacial score (nSPS) is 21.5. The van der Waals surface area contributed by atoms with Crippen LogP contribution in [0.5, 0.6) is 0 Å². The molecule has 0 bridgehead atoms. The van der Waals surface area contributed by atoms with E-state index in [1.165, 1.54) is 0 Å². The molecule has 98 valence electrons. The van der Waals surface area contributed by atoms with Gasteiger partial charge in [-0.25, -0.2) is 0 Å². The largest absolute Gasteiger partial charge is 0.381 e. The molecular weight excluding hydrogens is 220 g/mol. The molecule has 0 aromatic heterocycles. The number of hydrogen-bond acceptors (Lipinski definition) is 4. The van der Waals surface area contributed by atoms with Crippen LogP contribution in [0.2, 0.25) is 0 Å². The van der Waals surface area contributed by atoms with Gasteiger partial charge in [-0.1, -0.05) is 6.92 Å². The molecule has 1 N–H and O–H groups in total. The summed E-state index contributed by atoms with van der Waals surface area (Å²) in [4.78, 5) is 25.1. The van der Waals surface area contributed by atoms with E-state index in [1.54, 1.807) is 7.05 Å². The van der Waals surface area contributed by atoms with Crippen LogP contribution in [0.1, 0.15) is 13.3 Å². The van der Waals surface area contributed by atoms with Crippen molar-refractivity contribution in [3.63, 3.8) is 0 Å². The van der Waals surface area contributed by atoms with Gasteiger partial charge in [-0.3, -0.25) is 14.5 Å². The van der Waals surface area contributed by atoms with Gasteiger partial charge in [0.1, 0.15) is 0 Å². The van der Waals surface area contributed by atoms with Gasteiger partial charge in [0, 0.05) is 32.0 Å². The highest BCUT2D eigenvalue weighted by Gasteiger charge is 2.24. The number of hydrogen-bond donors (Lipinski definition) is 1. The summed E-state index contributed by atoms with van der Waals surface area (Å²) < 4.78 is 5.19. The Hall–Kier alpha value is -0.940. The number of ketones is 1. The van der Waals surface area contributed by atoms with Crippen LogP contribution in [0.15, 0.2) is 0 Å². The van der Waals surface area contributed by atoms with E-state index in [2.05, 4.69) is 5.32 Å². The standard InChI is InChI=1S/C12H22N2O3/c1-9(12(16)13-2)6-14(3)7-11(15)10-4-5-17-8-10/h9-10H,4-8H2,1-3H3,(H,13,16). The summed E-state index contributed by atoms with van der Waals surface area (Å²) >= 11 is 0. The van der Waals surface area contributed by atoms with E-state index in [1.807, 2.05) is 18.9 Å². The molecule has 0 spiro atoms. The van der Waals surface area contributed by atoms with E-state index >= 15 is 0 Å². The third-order valence-corrected chi connectivity index (χ3v) is 3.09. The molecule has 1 heterocycles. The highest BCUT2D eigenvalue weighted by Crippen LogP contribution is 2.13. The fourth-order valence-electron chi connectivity index (χ4n) is 2.04. The lowest BCUT2D eigenvalue weighted by Crippen LogP contribution is -2.38. The summed E-state index contributed by atoms with van der Waals surface area (Å²) in [7, 11) is 3.49. The molecule has 5 heteroatoms. The third-order valence-electron chi connectivity index (χ3n) is 3.09. The van der Waals surface area contributed by atoms with Crippen LogP contribution in [-0.4, -0.2) is 57.0 Å². The molecule has 1 amide bonds. The van der Waals surface area contributed by atoms with Gasteiger partial charge in [0.2, 0.25) is 5.91 Å². The number of carbonyl (C=O) groups excluding carboxylic acids is 2. The lowest BCUT2D eigenvalue weighted by Gasteiger charge is -2.20. The van der Waals surface area contributed by atoms with Crippen molar-refractivity contribution >= 4 is 11.7 Å². The van der Waals surface area contributed by atoms with E-state index < -0.39 is 0 Å². The van der Waals surface area contributed by atoms with E-state index in [0.717, 1.165) is 6.42 Å². The number of Topliss-reactive ketones (excluding diaryl/α,β-unsaturated/α-hetero) is 1. The van der Waals surface area contributed by atoms with Gasteiger partial charge in [-0.05, 0) is 13.5 Å². The number of amides is 1. The molecule has 0 aromatic rings. The van der Waals surface area contributed by atoms with Crippen LogP contribution in [0.3, 0.4) is 0 Å². The van der Waals surface area contributed by atoms with Crippen LogP contribution in [-0.2, 0) is 14.3 Å².